The average molecular weight is 437 g/mol. The van der Waals surface area contributed by atoms with Gasteiger partial charge < -0.3 is 5.11 Å². The van der Waals surface area contributed by atoms with E-state index in [0.717, 1.165) is 20.5 Å². The lowest BCUT2D eigenvalue weighted by atomic mass is 10.2. The van der Waals surface area contributed by atoms with Gasteiger partial charge in [0.25, 0.3) is 10.0 Å². The molecule has 1 aromatic heterocycles. The lowest BCUT2D eigenvalue weighted by Crippen LogP contribution is -2.17. The van der Waals surface area contributed by atoms with E-state index in [4.69, 9.17) is 5.11 Å². The Labute approximate surface area is 140 Å². The van der Waals surface area contributed by atoms with Gasteiger partial charge in [-0.1, -0.05) is 0 Å². The Bertz CT molecular complexity index is 812. The fraction of sp³-hybridized carbons (Fsp3) is 0.154. The van der Waals surface area contributed by atoms with E-state index in [9.17, 15) is 13.2 Å². The molecule has 0 radical (unpaired) electrons. The van der Waals surface area contributed by atoms with Crippen molar-refractivity contribution in [3.05, 3.63) is 43.2 Å². The fourth-order valence-electron chi connectivity index (χ4n) is 1.85. The normalized spacial score (nSPS) is 11.4. The van der Waals surface area contributed by atoms with Crippen molar-refractivity contribution in [3.63, 3.8) is 0 Å². The lowest BCUT2D eigenvalue weighted by Gasteiger charge is -2.11. The Kier molecular flexibility index (Phi) is 4.59. The summed E-state index contributed by atoms with van der Waals surface area (Å²) < 4.78 is 28.4. The number of rotatable bonds is 4. The van der Waals surface area contributed by atoms with Crippen LogP contribution in [-0.2, 0) is 10.0 Å². The van der Waals surface area contributed by atoms with E-state index in [0.29, 0.717) is 11.3 Å². The van der Waals surface area contributed by atoms with Gasteiger partial charge >= 0.3 is 5.97 Å². The van der Waals surface area contributed by atoms with Gasteiger partial charge in [-0.2, -0.15) is 0 Å². The summed E-state index contributed by atoms with van der Waals surface area (Å²) in [5.74, 6) is -1.24. The van der Waals surface area contributed by atoms with Crippen LogP contribution in [0.3, 0.4) is 0 Å². The van der Waals surface area contributed by atoms with Crippen molar-refractivity contribution in [3.8, 4) is 0 Å². The molecule has 2 aromatic rings. The molecule has 0 fully saturated rings. The maximum atomic E-state index is 12.5. The zero-order chi connectivity index (χ0) is 15.8. The summed E-state index contributed by atoms with van der Waals surface area (Å²) in [4.78, 5) is 10.8. The van der Waals surface area contributed by atoms with Crippen molar-refractivity contribution < 1.29 is 18.3 Å². The largest absolute Gasteiger partial charge is 0.477 e. The number of anilines is 1. The predicted octanol–water partition coefficient (Wildman–Crippen LogP) is 3.47. The van der Waals surface area contributed by atoms with Gasteiger partial charge in [0.2, 0.25) is 0 Å². The van der Waals surface area contributed by atoms with E-state index >= 15 is 0 Å². The van der Waals surface area contributed by atoms with Crippen LogP contribution >= 0.6 is 33.9 Å². The molecule has 2 N–H and O–H groups in total. The zero-order valence-electron chi connectivity index (χ0n) is 11.2. The van der Waals surface area contributed by atoms with Gasteiger partial charge in [0.1, 0.15) is 9.77 Å². The first kappa shape index (κ1) is 16.2. The molecule has 1 heterocycles. The van der Waals surface area contributed by atoms with E-state index in [-0.39, 0.29) is 9.77 Å². The first-order valence-electron chi connectivity index (χ1n) is 5.82. The van der Waals surface area contributed by atoms with E-state index in [1.54, 1.807) is 26.0 Å². The molecule has 0 aliphatic rings. The lowest BCUT2D eigenvalue weighted by molar-refractivity contribution is 0.0698. The summed E-state index contributed by atoms with van der Waals surface area (Å²) in [6, 6.07) is 5.29. The molecule has 0 spiro atoms. The number of carboxylic acids is 1. The minimum absolute atomic E-state index is 0.169. The Balaban J connectivity index is 2.48. The smallest absolute Gasteiger partial charge is 0.347 e. The van der Waals surface area contributed by atoms with Gasteiger partial charge in [-0.15, -0.1) is 11.3 Å². The molecule has 0 saturated carbocycles. The quantitative estimate of drug-likeness (QED) is 0.718. The molecule has 21 heavy (non-hydrogen) atoms. The molecule has 112 valence electrons. The van der Waals surface area contributed by atoms with Crippen LogP contribution < -0.4 is 4.72 Å². The number of sulfonamides is 1. The summed E-state index contributed by atoms with van der Waals surface area (Å²) >= 11 is 3.04. The molecule has 0 aliphatic carbocycles. The average Bonchev–Trinajstić information content (AvgIpc) is 2.76. The number of aromatic carboxylic acids is 1. The third kappa shape index (κ3) is 3.38. The van der Waals surface area contributed by atoms with E-state index in [1.165, 1.54) is 5.38 Å². The van der Waals surface area contributed by atoms with Crippen molar-refractivity contribution in [2.75, 3.05) is 4.72 Å². The standard InChI is InChI=1S/C13H12INO4S2/c1-7-5-9(14)3-4-10(7)15-21(18,19)12-8(2)6-20-11(12)13(16)17/h3-6,15H,1-2H3,(H,16,17). The minimum atomic E-state index is -3.93. The van der Waals surface area contributed by atoms with Crippen molar-refractivity contribution in [2.24, 2.45) is 0 Å². The van der Waals surface area contributed by atoms with Gasteiger partial charge in [-0.3, -0.25) is 4.72 Å². The maximum Gasteiger partial charge on any atom is 0.347 e. The Morgan fingerprint density at radius 3 is 2.52 bits per heavy atom. The number of hydrogen-bond acceptors (Lipinski definition) is 4. The number of thiophene rings is 1. The Hall–Kier alpha value is -1.13. The molecule has 0 saturated heterocycles. The molecule has 0 bridgehead atoms. The molecule has 0 unspecified atom stereocenters. The van der Waals surface area contributed by atoms with E-state index in [1.807, 2.05) is 6.07 Å². The third-order valence-corrected chi connectivity index (χ3v) is 6.25. The van der Waals surface area contributed by atoms with Crippen LogP contribution in [0.4, 0.5) is 5.69 Å². The van der Waals surface area contributed by atoms with E-state index < -0.39 is 16.0 Å². The first-order valence-corrected chi connectivity index (χ1v) is 9.27. The molecular formula is C13H12INO4S2. The summed E-state index contributed by atoms with van der Waals surface area (Å²) in [7, 11) is -3.93. The highest BCUT2D eigenvalue weighted by Crippen LogP contribution is 2.29. The van der Waals surface area contributed by atoms with Crippen LogP contribution in [0.15, 0.2) is 28.5 Å². The van der Waals surface area contributed by atoms with E-state index in [2.05, 4.69) is 27.3 Å². The number of nitrogens with one attached hydrogen (secondary N) is 1. The number of hydrogen-bond donors (Lipinski definition) is 2. The highest BCUT2D eigenvalue weighted by molar-refractivity contribution is 14.1. The van der Waals surface area contributed by atoms with Gasteiger partial charge in [0.15, 0.2) is 0 Å². The SMILES string of the molecule is Cc1cc(I)ccc1NS(=O)(=O)c1c(C)csc1C(=O)O. The number of benzene rings is 1. The van der Waals surface area contributed by atoms with Crippen molar-refractivity contribution in [2.45, 2.75) is 18.7 Å². The van der Waals surface area contributed by atoms with Gasteiger partial charge in [-0.05, 0) is 71.1 Å². The Morgan fingerprint density at radius 2 is 1.95 bits per heavy atom. The van der Waals surface area contributed by atoms with Crippen LogP contribution in [0.1, 0.15) is 20.8 Å². The zero-order valence-corrected chi connectivity index (χ0v) is 15.0. The van der Waals surface area contributed by atoms with Crippen molar-refractivity contribution >= 4 is 55.6 Å². The molecular weight excluding hydrogens is 425 g/mol. The second-order valence-corrected chi connectivity index (χ2v) is 8.19. The molecule has 0 aliphatic heterocycles. The Morgan fingerprint density at radius 1 is 1.29 bits per heavy atom. The monoisotopic (exact) mass is 437 g/mol. The molecule has 0 atom stereocenters. The number of halogens is 1. The van der Waals surface area contributed by atoms with Gasteiger partial charge in [0, 0.05) is 3.57 Å². The predicted molar refractivity (Wildman–Crippen MR) is 90.7 cm³/mol. The molecule has 2 rings (SSSR count). The second-order valence-electron chi connectivity index (χ2n) is 4.45. The highest BCUT2D eigenvalue weighted by atomic mass is 127. The topological polar surface area (TPSA) is 83.5 Å². The van der Waals surface area contributed by atoms with Crippen molar-refractivity contribution in [1.82, 2.24) is 0 Å². The highest BCUT2D eigenvalue weighted by Gasteiger charge is 2.27. The van der Waals surface area contributed by atoms with Crippen LogP contribution in [-0.4, -0.2) is 19.5 Å². The van der Waals surface area contributed by atoms with Gasteiger partial charge in [-0.25, -0.2) is 13.2 Å². The summed E-state index contributed by atoms with van der Waals surface area (Å²) in [6.07, 6.45) is 0. The second kappa shape index (κ2) is 5.93. The number of carbonyl (C=O) groups is 1. The molecule has 0 amide bonds. The summed E-state index contributed by atoms with van der Waals surface area (Å²) in [5.41, 5.74) is 1.64. The van der Waals surface area contributed by atoms with Crippen LogP contribution in [0.5, 0.6) is 0 Å². The molecule has 8 heteroatoms. The maximum absolute atomic E-state index is 12.5. The van der Waals surface area contributed by atoms with Crippen LogP contribution in [0.25, 0.3) is 0 Å². The summed E-state index contributed by atoms with van der Waals surface area (Å²) in [5, 5.41) is 10.6. The van der Waals surface area contributed by atoms with Crippen molar-refractivity contribution in [1.29, 1.82) is 0 Å². The van der Waals surface area contributed by atoms with Crippen LogP contribution in [0.2, 0.25) is 0 Å². The minimum Gasteiger partial charge on any atom is -0.477 e. The number of carboxylic acid groups (broad SMARTS) is 1. The third-order valence-electron chi connectivity index (χ3n) is 2.81. The first-order chi connectivity index (χ1) is 9.72. The number of aryl methyl sites for hydroxylation is 2. The molecule has 5 nitrogen and oxygen atoms in total. The fourth-order valence-corrected chi connectivity index (χ4v) is 5.26. The molecule has 1 aromatic carbocycles. The summed E-state index contributed by atoms with van der Waals surface area (Å²) in [6.45, 7) is 3.37. The van der Waals surface area contributed by atoms with Crippen LogP contribution in [0, 0.1) is 17.4 Å². The van der Waals surface area contributed by atoms with Gasteiger partial charge in [0.05, 0.1) is 5.69 Å².